The third kappa shape index (κ3) is 11.5. The number of rotatable bonds is 13. The summed E-state index contributed by atoms with van der Waals surface area (Å²) in [7, 11) is 0. The zero-order valence-electron chi connectivity index (χ0n) is 67.4. The number of hydrogen-bond donors (Lipinski definition) is 0. The molecule has 2 aliphatic carbocycles. The van der Waals surface area contributed by atoms with Gasteiger partial charge in [0, 0.05) is 56.5 Å². The molecule has 3 aromatic heterocycles. The van der Waals surface area contributed by atoms with Crippen LogP contribution in [0.2, 0.25) is 0 Å². The highest BCUT2D eigenvalue weighted by Gasteiger charge is 2.54. The Morgan fingerprint density at radius 3 is 1.10 bits per heavy atom. The van der Waals surface area contributed by atoms with E-state index in [2.05, 4.69) is 439 Å². The lowest BCUT2D eigenvalue weighted by molar-refractivity contribution is 0.752. The molecule has 17 aromatic carbocycles. The van der Waals surface area contributed by atoms with E-state index in [1.165, 1.54) is 78.1 Å². The van der Waals surface area contributed by atoms with Crippen molar-refractivity contribution in [2.75, 3.05) is 9.80 Å². The van der Waals surface area contributed by atoms with Crippen molar-refractivity contribution in [3.05, 3.63) is 500 Å². The van der Waals surface area contributed by atoms with Crippen molar-refractivity contribution in [2.24, 2.45) is 0 Å². The van der Waals surface area contributed by atoms with E-state index >= 15 is 0 Å². The van der Waals surface area contributed by atoms with Crippen molar-refractivity contribution in [3.8, 4) is 146 Å². The van der Waals surface area contributed by atoms with Gasteiger partial charge in [-0.2, -0.15) is 0 Å². The van der Waals surface area contributed by atoms with Crippen LogP contribution in [0.3, 0.4) is 0 Å². The molecule has 7 nitrogen and oxygen atoms in total. The Balaban J connectivity index is 0.603. The Labute approximate surface area is 720 Å². The fraction of sp³-hybridized carbons (Fsp3) is 0.0171. The van der Waals surface area contributed by atoms with Gasteiger partial charge in [0.1, 0.15) is 0 Å². The zero-order valence-corrected chi connectivity index (χ0v) is 67.4. The summed E-state index contributed by atoms with van der Waals surface area (Å²) in [5.74, 6) is 1.28. The van der Waals surface area contributed by atoms with Crippen molar-refractivity contribution in [1.82, 2.24) is 24.9 Å². The second-order valence-electron chi connectivity index (χ2n) is 32.4. The minimum absolute atomic E-state index is 0.474. The molecule has 2 spiro atoms. The molecule has 0 amide bonds. The topological polar surface area (TPSA) is 70.9 Å². The van der Waals surface area contributed by atoms with Gasteiger partial charge in [0.05, 0.1) is 62.0 Å². The SMILES string of the molecule is c1ccc(-c2cc(-c3ccc(-c4ccc5c(c4)N(c4ccccc4)c4ccccc4C54c5ccccc5-c5c(-c6ccc(-c7ccccc7)c(-c7nc(-c8ccccc8)cc(-c8ccc(-c9ccc(N%10c%11ccccc%11C%11(c%12ccccc%12-c%12ccccc%12%11)c%11ccccc%11%10)cc9)cc8)n7)c6)cccc54)cc3)nc(-c3cccc(-c4ccccn4)c3)n2)cc1. The van der Waals surface area contributed by atoms with E-state index in [0.29, 0.717) is 11.6 Å². The van der Waals surface area contributed by atoms with Crippen molar-refractivity contribution in [2.45, 2.75) is 10.8 Å². The summed E-state index contributed by atoms with van der Waals surface area (Å²) in [6.45, 7) is 0. The van der Waals surface area contributed by atoms with E-state index in [9.17, 15) is 0 Å². The van der Waals surface area contributed by atoms with Crippen LogP contribution in [0.15, 0.2) is 455 Å². The number of fused-ring (bicyclic) bond motifs is 18. The molecule has 578 valence electrons. The predicted octanol–water partition coefficient (Wildman–Crippen LogP) is 29.3. The molecule has 0 bridgehead atoms. The molecule has 0 radical (unpaired) electrons. The molecule has 24 rings (SSSR count). The molecule has 0 saturated carbocycles. The molecular formula is C117H75N7. The summed E-state index contributed by atoms with van der Waals surface area (Å²) in [5.41, 5.74) is 40.3. The molecule has 0 saturated heterocycles. The zero-order chi connectivity index (χ0) is 81.8. The van der Waals surface area contributed by atoms with Crippen LogP contribution in [0.5, 0.6) is 0 Å². The van der Waals surface area contributed by atoms with E-state index in [-0.39, 0.29) is 0 Å². The van der Waals surface area contributed by atoms with Gasteiger partial charge in [-0.3, -0.25) is 4.98 Å². The highest BCUT2D eigenvalue weighted by molar-refractivity contribution is 6.03. The van der Waals surface area contributed by atoms with Crippen molar-refractivity contribution < 1.29 is 0 Å². The molecule has 20 aromatic rings. The summed E-state index contributed by atoms with van der Waals surface area (Å²) >= 11 is 0. The van der Waals surface area contributed by atoms with E-state index in [1.807, 2.05) is 30.5 Å². The molecule has 2 aliphatic heterocycles. The van der Waals surface area contributed by atoms with Gasteiger partial charge in [0.25, 0.3) is 0 Å². The number of benzene rings is 17. The first kappa shape index (κ1) is 71.7. The van der Waals surface area contributed by atoms with Crippen LogP contribution in [-0.2, 0) is 10.8 Å². The maximum atomic E-state index is 5.69. The molecule has 124 heavy (non-hydrogen) atoms. The largest absolute Gasteiger partial charge is 0.310 e. The van der Waals surface area contributed by atoms with E-state index < -0.39 is 10.8 Å². The highest BCUT2D eigenvalue weighted by atomic mass is 15.2. The summed E-state index contributed by atoms with van der Waals surface area (Å²) in [4.78, 5) is 31.4. The van der Waals surface area contributed by atoms with Gasteiger partial charge in [-0.25, -0.2) is 19.9 Å². The average Bonchev–Trinajstić information content (AvgIpc) is 1.50. The Hall–Kier alpha value is -16.4. The van der Waals surface area contributed by atoms with Crippen LogP contribution in [0.4, 0.5) is 34.1 Å². The lowest BCUT2D eigenvalue weighted by Crippen LogP contribution is -2.36. The number of anilines is 6. The maximum absolute atomic E-state index is 5.69. The molecule has 5 heterocycles. The average molecular weight is 1580 g/mol. The second kappa shape index (κ2) is 29.3. The number of aromatic nitrogens is 5. The molecule has 0 N–H and O–H groups in total. The van der Waals surface area contributed by atoms with Crippen molar-refractivity contribution in [3.63, 3.8) is 0 Å². The van der Waals surface area contributed by atoms with Gasteiger partial charge >= 0.3 is 0 Å². The van der Waals surface area contributed by atoms with Gasteiger partial charge in [-0.1, -0.05) is 364 Å². The third-order valence-electron chi connectivity index (χ3n) is 25.8. The summed E-state index contributed by atoms with van der Waals surface area (Å²) < 4.78 is 0. The molecule has 1 unspecified atom stereocenters. The van der Waals surface area contributed by atoms with Gasteiger partial charge < -0.3 is 9.80 Å². The van der Waals surface area contributed by atoms with Crippen LogP contribution in [0.1, 0.15) is 44.5 Å². The Bertz CT molecular complexity index is 7490. The van der Waals surface area contributed by atoms with Crippen LogP contribution in [0.25, 0.3) is 146 Å². The highest BCUT2D eigenvalue weighted by Crippen LogP contribution is 2.67. The fourth-order valence-corrected chi connectivity index (χ4v) is 20.4. The fourth-order valence-electron chi connectivity index (χ4n) is 20.4. The molecule has 0 fully saturated rings. The Morgan fingerprint density at radius 2 is 0.540 bits per heavy atom. The molecular weight excluding hydrogens is 1500 g/mol. The number of para-hydroxylation sites is 4. The first-order valence-corrected chi connectivity index (χ1v) is 42.4. The van der Waals surface area contributed by atoms with Crippen LogP contribution in [-0.4, -0.2) is 24.9 Å². The molecule has 4 aliphatic rings. The van der Waals surface area contributed by atoms with Crippen molar-refractivity contribution in [1.29, 1.82) is 0 Å². The Kier molecular flexibility index (Phi) is 16.9. The smallest absolute Gasteiger partial charge is 0.161 e. The lowest BCUT2D eigenvalue weighted by Gasteiger charge is -2.45. The Morgan fingerprint density at radius 1 is 0.169 bits per heavy atom. The molecule has 1 atom stereocenters. The van der Waals surface area contributed by atoms with Gasteiger partial charge in [-0.05, 0) is 196 Å². The van der Waals surface area contributed by atoms with Gasteiger partial charge in [-0.15, -0.1) is 0 Å². The minimum atomic E-state index is -0.748. The predicted molar refractivity (Wildman–Crippen MR) is 506 cm³/mol. The monoisotopic (exact) mass is 1580 g/mol. The standard InChI is InChI=1S/C117H75N7/c1-5-29-79(30-6-1)90-68-64-85(72-95(90)115-121-106(81-33-9-3-10-34-81)75-108(122-115)83-58-54-76(55-59-83)77-62-66-89(67-63-77)123-109-51-22-19-46-99(109)116(100-47-20-23-52-110(100)123)96-43-16-13-39-92(96)93-40-14-17-44-97(93)116)91-42-28-49-103-113(91)94-41-15-18-45-98(94)117(103)101-48-21-24-53-111(101)124(88-37-11-4-12-38-88)112-73-84(65-69-102(112)117)78-56-60-82(61-57-78)107-74-105(80-31-7-2-8-32-80)119-114(120-107)87-36-27-35-86(71-87)104-50-25-26-70-118-104/h1-75H. The van der Waals surface area contributed by atoms with Crippen LogP contribution in [0, 0.1) is 0 Å². The van der Waals surface area contributed by atoms with Crippen molar-refractivity contribution >= 4 is 34.1 Å². The summed E-state index contributed by atoms with van der Waals surface area (Å²) in [5, 5.41) is 0. The first-order valence-electron chi connectivity index (χ1n) is 42.4. The second-order valence-corrected chi connectivity index (χ2v) is 32.4. The van der Waals surface area contributed by atoms with E-state index in [1.54, 1.807) is 0 Å². The minimum Gasteiger partial charge on any atom is -0.310 e. The summed E-state index contributed by atoms with van der Waals surface area (Å²) in [6.07, 6.45) is 1.83. The third-order valence-corrected chi connectivity index (χ3v) is 25.8. The molecule has 7 heteroatoms. The normalized spacial score (nSPS) is 13.9. The van der Waals surface area contributed by atoms with Crippen LogP contribution >= 0.6 is 0 Å². The summed E-state index contributed by atoms with van der Waals surface area (Å²) in [6, 6.07) is 163. The van der Waals surface area contributed by atoms with Gasteiger partial charge in [0.15, 0.2) is 11.6 Å². The van der Waals surface area contributed by atoms with Crippen LogP contribution < -0.4 is 9.80 Å². The number of pyridine rings is 1. The van der Waals surface area contributed by atoms with E-state index in [4.69, 9.17) is 19.9 Å². The van der Waals surface area contributed by atoms with Gasteiger partial charge in [0.2, 0.25) is 0 Å². The quantitative estimate of drug-likeness (QED) is 0.114. The van der Waals surface area contributed by atoms with E-state index in [0.717, 1.165) is 135 Å². The number of hydrogen-bond acceptors (Lipinski definition) is 7. The number of nitrogens with zero attached hydrogens (tertiary/aromatic N) is 7. The first-order chi connectivity index (χ1) is 61.5. The maximum Gasteiger partial charge on any atom is 0.161 e. The lowest BCUT2D eigenvalue weighted by atomic mass is 9.64.